The molecule has 3 N–H and O–H groups in total. The van der Waals surface area contributed by atoms with E-state index < -0.39 is 6.10 Å². The van der Waals surface area contributed by atoms with Gasteiger partial charge in [-0.25, -0.2) is 4.39 Å². The normalized spacial score (nSPS) is 13.3. The second kappa shape index (κ2) is 7.43. The van der Waals surface area contributed by atoms with Gasteiger partial charge in [-0.2, -0.15) is 0 Å². The Hall–Kier alpha value is -1.17. The maximum Gasteiger partial charge on any atom is 0.123 e. The van der Waals surface area contributed by atoms with Crippen molar-refractivity contribution in [3.63, 3.8) is 0 Å². The third-order valence-corrected chi connectivity index (χ3v) is 2.81. The van der Waals surface area contributed by atoms with Crippen LogP contribution in [-0.4, -0.2) is 41.6 Å². The first-order chi connectivity index (χ1) is 8.93. The van der Waals surface area contributed by atoms with Crippen LogP contribution in [0.2, 0.25) is 0 Å². The van der Waals surface area contributed by atoms with Crippen LogP contribution >= 0.6 is 0 Å². The molecule has 5 heteroatoms. The molecule has 0 bridgehead atoms. The van der Waals surface area contributed by atoms with Crippen LogP contribution in [0.15, 0.2) is 24.3 Å². The van der Waals surface area contributed by atoms with E-state index in [2.05, 4.69) is 5.32 Å². The molecule has 0 aromatic heterocycles. The fraction of sp³-hybridized carbons (Fsp3) is 0.571. The van der Waals surface area contributed by atoms with Gasteiger partial charge in [-0.1, -0.05) is 0 Å². The van der Waals surface area contributed by atoms with Gasteiger partial charge >= 0.3 is 0 Å². The summed E-state index contributed by atoms with van der Waals surface area (Å²) in [6.07, 6.45) is -0.0542. The zero-order valence-corrected chi connectivity index (χ0v) is 11.4. The van der Waals surface area contributed by atoms with Crippen LogP contribution in [0.3, 0.4) is 0 Å². The second-order valence-corrected chi connectivity index (χ2v) is 5.16. The van der Waals surface area contributed by atoms with E-state index in [1.807, 2.05) is 13.8 Å². The summed E-state index contributed by atoms with van der Waals surface area (Å²) in [7, 11) is 0. The molecule has 0 aliphatic heterocycles. The molecule has 0 amide bonds. The molecule has 0 aliphatic rings. The van der Waals surface area contributed by atoms with Gasteiger partial charge in [-0.3, -0.25) is 0 Å². The lowest BCUT2D eigenvalue weighted by molar-refractivity contribution is 0.0959. The molecule has 0 heterocycles. The standard InChI is InChI=1S/C14H22FNO3/c1-14(2,7-8-17)16-9-12(18)10-19-13-5-3-11(15)4-6-13/h3-6,12,16-18H,7-10H2,1-2H3. The summed E-state index contributed by atoms with van der Waals surface area (Å²) in [5, 5.41) is 21.8. The van der Waals surface area contributed by atoms with Crippen molar-refractivity contribution in [2.45, 2.75) is 31.9 Å². The van der Waals surface area contributed by atoms with Crippen molar-refractivity contribution in [1.82, 2.24) is 5.32 Å². The third kappa shape index (κ3) is 6.52. The van der Waals surface area contributed by atoms with E-state index in [1.165, 1.54) is 24.3 Å². The van der Waals surface area contributed by atoms with E-state index in [0.29, 0.717) is 18.7 Å². The van der Waals surface area contributed by atoms with Crippen molar-refractivity contribution in [3.05, 3.63) is 30.1 Å². The largest absolute Gasteiger partial charge is 0.491 e. The van der Waals surface area contributed by atoms with Crippen molar-refractivity contribution in [2.75, 3.05) is 19.8 Å². The molecule has 19 heavy (non-hydrogen) atoms. The molecule has 0 saturated heterocycles. The van der Waals surface area contributed by atoms with Gasteiger partial charge in [0.25, 0.3) is 0 Å². The van der Waals surface area contributed by atoms with Crippen LogP contribution in [0.4, 0.5) is 4.39 Å². The fourth-order valence-corrected chi connectivity index (χ4v) is 1.54. The Morgan fingerprint density at radius 2 is 1.95 bits per heavy atom. The highest BCUT2D eigenvalue weighted by molar-refractivity contribution is 5.22. The summed E-state index contributed by atoms with van der Waals surface area (Å²) in [5.41, 5.74) is -0.231. The summed E-state index contributed by atoms with van der Waals surface area (Å²) < 4.78 is 18.0. The molecular weight excluding hydrogens is 249 g/mol. The minimum absolute atomic E-state index is 0.0994. The summed E-state index contributed by atoms with van der Waals surface area (Å²) in [6.45, 7) is 4.51. The first kappa shape index (κ1) is 15.9. The summed E-state index contributed by atoms with van der Waals surface area (Å²) in [5.74, 6) is 0.204. The molecule has 1 aromatic rings. The third-order valence-electron chi connectivity index (χ3n) is 2.81. The Labute approximate surface area is 113 Å². The molecule has 1 rings (SSSR count). The van der Waals surface area contributed by atoms with Crippen molar-refractivity contribution >= 4 is 0 Å². The lowest BCUT2D eigenvalue weighted by Crippen LogP contribution is -2.45. The number of aliphatic hydroxyl groups is 2. The number of hydrogen-bond donors (Lipinski definition) is 3. The Morgan fingerprint density at radius 3 is 2.53 bits per heavy atom. The zero-order valence-electron chi connectivity index (χ0n) is 11.4. The minimum atomic E-state index is -0.664. The van der Waals surface area contributed by atoms with E-state index in [-0.39, 0.29) is 24.6 Å². The molecule has 108 valence electrons. The highest BCUT2D eigenvalue weighted by Crippen LogP contribution is 2.11. The second-order valence-electron chi connectivity index (χ2n) is 5.16. The predicted octanol–water partition coefficient (Wildman–Crippen LogP) is 1.32. The molecule has 1 atom stereocenters. The summed E-state index contributed by atoms with van der Waals surface area (Å²) >= 11 is 0. The zero-order chi connectivity index (χ0) is 14.3. The number of halogens is 1. The summed E-state index contributed by atoms with van der Waals surface area (Å²) in [4.78, 5) is 0. The lowest BCUT2D eigenvalue weighted by atomic mass is 10.0. The van der Waals surface area contributed by atoms with Crippen molar-refractivity contribution in [3.8, 4) is 5.75 Å². The van der Waals surface area contributed by atoms with Crippen LogP contribution in [-0.2, 0) is 0 Å². The van der Waals surface area contributed by atoms with Crippen LogP contribution in [0.25, 0.3) is 0 Å². The number of nitrogens with one attached hydrogen (secondary N) is 1. The van der Waals surface area contributed by atoms with Gasteiger partial charge in [0.15, 0.2) is 0 Å². The number of rotatable bonds is 8. The Morgan fingerprint density at radius 1 is 1.32 bits per heavy atom. The van der Waals surface area contributed by atoms with Gasteiger partial charge in [0.1, 0.15) is 24.3 Å². The number of β-amino-alcohol motifs (C(OH)–C–C–N with tert-alkyl or cyclic N) is 1. The topological polar surface area (TPSA) is 61.7 Å². The molecule has 0 radical (unpaired) electrons. The Balaban J connectivity index is 2.28. The van der Waals surface area contributed by atoms with E-state index >= 15 is 0 Å². The van der Waals surface area contributed by atoms with Crippen LogP contribution < -0.4 is 10.1 Å². The van der Waals surface area contributed by atoms with Crippen molar-refractivity contribution in [2.24, 2.45) is 0 Å². The van der Waals surface area contributed by atoms with E-state index in [4.69, 9.17) is 9.84 Å². The minimum Gasteiger partial charge on any atom is -0.491 e. The lowest BCUT2D eigenvalue weighted by Gasteiger charge is -2.27. The molecular formula is C14H22FNO3. The Bertz CT molecular complexity index is 367. The maximum absolute atomic E-state index is 12.7. The van der Waals surface area contributed by atoms with Gasteiger partial charge in [0, 0.05) is 18.7 Å². The highest BCUT2D eigenvalue weighted by Gasteiger charge is 2.17. The van der Waals surface area contributed by atoms with Crippen LogP contribution in [0, 0.1) is 5.82 Å². The predicted molar refractivity (Wildman–Crippen MR) is 71.7 cm³/mol. The SMILES string of the molecule is CC(C)(CCO)NCC(O)COc1ccc(F)cc1. The fourth-order valence-electron chi connectivity index (χ4n) is 1.54. The first-order valence-electron chi connectivity index (χ1n) is 6.35. The summed E-state index contributed by atoms with van der Waals surface area (Å²) in [6, 6.07) is 5.66. The Kier molecular flexibility index (Phi) is 6.21. The van der Waals surface area contributed by atoms with Gasteiger partial charge in [-0.05, 0) is 44.5 Å². The quantitative estimate of drug-likeness (QED) is 0.667. The van der Waals surface area contributed by atoms with Gasteiger partial charge in [0.2, 0.25) is 0 Å². The van der Waals surface area contributed by atoms with Gasteiger partial charge in [-0.15, -0.1) is 0 Å². The molecule has 4 nitrogen and oxygen atoms in total. The molecule has 1 unspecified atom stereocenters. The van der Waals surface area contributed by atoms with E-state index in [0.717, 1.165) is 0 Å². The molecule has 0 spiro atoms. The molecule has 0 fully saturated rings. The van der Waals surface area contributed by atoms with E-state index in [9.17, 15) is 9.50 Å². The van der Waals surface area contributed by atoms with Gasteiger partial charge in [0.05, 0.1) is 0 Å². The highest BCUT2D eigenvalue weighted by atomic mass is 19.1. The molecule has 1 aromatic carbocycles. The first-order valence-corrected chi connectivity index (χ1v) is 6.35. The smallest absolute Gasteiger partial charge is 0.123 e. The monoisotopic (exact) mass is 271 g/mol. The van der Waals surface area contributed by atoms with E-state index in [1.54, 1.807) is 0 Å². The molecule has 0 saturated carbocycles. The van der Waals surface area contributed by atoms with Crippen LogP contribution in [0.5, 0.6) is 5.75 Å². The van der Waals surface area contributed by atoms with Crippen LogP contribution in [0.1, 0.15) is 20.3 Å². The van der Waals surface area contributed by atoms with Crippen molar-refractivity contribution < 1.29 is 19.3 Å². The number of benzene rings is 1. The molecule has 0 aliphatic carbocycles. The number of ether oxygens (including phenoxy) is 1. The van der Waals surface area contributed by atoms with Gasteiger partial charge < -0.3 is 20.3 Å². The average molecular weight is 271 g/mol. The van der Waals surface area contributed by atoms with Crippen molar-refractivity contribution in [1.29, 1.82) is 0 Å². The number of aliphatic hydroxyl groups excluding tert-OH is 2. The average Bonchev–Trinajstić information content (AvgIpc) is 2.36. The number of hydrogen-bond acceptors (Lipinski definition) is 4. The maximum atomic E-state index is 12.7.